The summed E-state index contributed by atoms with van der Waals surface area (Å²) in [5, 5.41) is 0.941. The first-order valence-electron chi connectivity index (χ1n) is 6.56. The number of hydrogen-bond acceptors (Lipinski definition) is 4. The highest BCUT2D eigenvalue weighted by atomic mass is 16.5. The van der Waals surface area contributed by atoms with Gasteiger partial charge in [-0.1, -0.05) is 6.92 Å². The molecule has 0 spiro atoms. The lowest BCUT2D eigenvalue weighted by Gasteiger charge is -2.09. The van der Waals surface area contributed by atoms with Gasteiger partial charge in [0, 0.05) is 23.7 Å². The van der Waals surface area contributed by atoms with Crippen molar-refractivity contribution in [3.63, 3.8) is 0 Å². The Morgan fingerprint density at radius 1 is 1.25 bits per heavy atom. The molecule has 0 aliphatic heterocycles. The number of fused-ring (bicyclic) bond motifs is 1. The molecule has 0 aliphatic carbocycles. The maximum Gasteiger partial charge on any atom is 0.325 e. The molecule has 1 aromatic carbocycles. The highest BCUT2D eigenvalue weighted by Crippen LogP contribution is 2.31. The normalized spacial score (nSPS) is 10.6. The van der Waals surface area contributed by atoms with Crippen LogP contribution in [0.4, 0.5) is 0 Å². The van der Waals surface area contributed by atoms with Gasteiger partial charge in [0.15, 0.2) is 0 Å². The number of ether oxygens (including phenoxy) is 3. The van der Waals surface area contributed by atoms with Gasteiger partial charge in [-0.15, -0.1) is 0 Å². The molecule has 0 atom stereocenters. The first kappa shape index (κ1) is 14.2. The molecule has 0 saturated carbocycles. The Bertz CT molecular complexity index is 603. The first-order valence-corrected chi connectivity index (χ1v) is 6.56. The molecule has 20 heavy (non-hydrogen) atoms. The zero-order valence-electron chi connectivity index (χ0n) is 12.0. The number of benzene rings is 1. The van der Waals surface area contributed by atoms with Crippen molar-refractivity contribution >= 4 is 16.9 Å². The molecule has 0 bridgehead atoms. The van der Waals surface area contributed by atoms with Crippen molar-refractivity contribution in [2.75, 3.05) is 20.8 Å². The van der Waals surface area contributed by atoms with Crippen molar-refractivity contribution in [3.8, 4) is 11.5 Å². The molecule has 5 heteroatoms. The Morgan fingerprint density at radius 2 is 2.05 bits per heavy atom. The zero-order chi connectivity index (χ0) is 14.5. The summed E-state index contributed by atoms with van der Waals surface area (Å²) in [6.07, 6.45) is 2.67. The minimum Gasteiger partial charge on any atom is -0.497 e. The quantitative estimate of drug-likeness (QED) is 0.762. The SMILES string of the molecule is CCCOC(=O)Cn1ccc2c(OC)cc(OC)cc21. The topological polar surface area (TPSA) is 49.7 Å². The Kier molecular flexibility index (Phi) is 4.50. The molecular formula is C15H19NO4. The highest BCUT2D eigenvalue weighted by Gasteiger charge is 2.12. The third-order valence-electron chi connectivity index (χ3n) is 3.05. The molecule has 2 rings (SSSR count). The van der Waals surface area contributed by atoms with Crippen molar-refractivity contribution in [1.82, 2.24) is 4.57 Å². The van der Waals surface area contributed by atoms with Crippen LogP contribution >= 0.6 is 0 Å². The van der Waals surface area contributed by atoms with Crippen LogP contribution in [0.5, 0.6) is 11.5 Å². The Balaban J connectivity index is 2.32. The molecule has 0 N–H and O–H groups in total. The van der Waals surface area contributed by atoms with Crippen molar-refractivity contribution in [3.05, 3.63) is 24.4 Å². The van der Waals surface area contributed by atoms with Crippen LogP contribution in [-0.2, 0) is 16.1 Å². The third kappa shape index (κ3) is 2.87. The average Bonchev–Trinajstić information content (AvgIpc) is 2.87. The number of hydrogen-bond donors (Lipinski definition) is 0. The maximum atomic E-state index is 11.7. The van der Waals surface area contributed by atoms with Gasteiger partial charge in [-0.25, -0.2) is 0 Å². The van der Waals surface area contributed by atoms with Crippen LogP contribution in [-0.4, -0.2) is 31.4 Å². The van der Waals surface area contributed by atoms with Gasteiger partial charge in [0.2, 0.25) is 0 Å². The molecule has 0 amide bonds. The average molecular weight is 277 g/mol. The monoisotopic (exact) mass is 277 g/mol. The zero-order valence-corrected chi connectivity index (χ0v) is 12.0. The fraction of sp³-hybridized carbons (Fsp3) is 0.400. The fourth-order valence-corrected chi connectivity index (χ4v) is 2.06. The van der Waals surface area contributed by atoms with Gasteiger partial charge < -0.3 is 18.8 Å². The largest absolute Gasteiger partial charge is 0.497 e. The maximum absolute atomic E-state index is 11.7. The number of carbonyl (C=O) groups excluding carboxylic acids is 1. The summed E-state index contributed by atoms with van der Waals surface area (Å²) in [5.74, 6) is 1.17. The van der Waals surface area contributed by atoms with Crippen LogP contribution in [0.3, 0.4) is 0 Å². The fourth-order valence-electron chi connectivity index (χ4n) is 2.06. The van der Waals surface area contributed by atoms with E-state index in [1.54, 1.807) is 14.2 Å². The summed E-state index contributed by atoms with van der Waals surface area (Å²) in [5.41, 5.74) is 0.884. The smallest absolute Gasteiger partial charge is 0.325 e. The molecule has 2 aromatic rings. The molecule has 0 fully saturated rings. The second-order valence-corrected chi connectivity index (χ2v) is 4.43. The van der Waals surface area contributed by atoms with E-state index in [1.165, 1.54) is 0 Å². The van der Waals surface area contributed by atoms with E-state index in [0.29, 0.717) is 12.4 Å². The van der Waals surface area contributed by atoms with E-state index in [1.807, 2.05) is 35.9 Å². The van der Waals surface area contributed by atoms with Gasteiger partial charge >= 0.3 is 5.97 Å². The van der Waals surface area contributed by atoms with Crippen LogP contribution < -0.4 is 9.47 Å². The Hall–Kier alpha value is -2.17. The van der Waals surface area contributed by atoms with Crippen LogP contribution in [0.25, 0.3) is 10.9 Å². The van der Waals surface area contributed by atoms with Gasteiger partial charge in [0.05, 0.1) is 26.3 Å². The predicted octanol–water partition coefficient (Wildman–Crippen LogP) is 2.61. The number of esters is 1. The van der Waals surface area contributed by atoms with Crippen LogP contribution in [0.2, 0.25) is 0 Å². The summed E-state index contributed by atoms with van der Waals surface area (Å²) in [4.78, 5) is 11.7. The predicted molar refractivity (Wildman–Crippen MR) is 76.3 cm³/mol. The van der Waals surface area contributed by atoms with E-state index in [-0.39, 0.29) is 12.5 Å². The van der Waals surface area contributed by atoms with E-state index >= 15 is 0 Å². The molecular weight excluding hydrogens is 258 g/mol. The number of rotatable bonds is 6. The lowest BCUT2D eigenvalue weighted by molar-refractivity contribution is -0.144. The summed E-state index contributed by atoms with van der Waals surface area (Å²) < 4.78 is 17.5. The molecule has 108 valence electrons. The Labute approximate surface area is 118 Å². The van der Waals surface area contributed by atoms with Crippen molar-refractivity contribution in [1.29, 1.82) is 0 Å². The van der Waals surface area contributed by atoms with Crippen LogP contribution in [0, 0.1) is 0 Å². The highest BCUT2D eigenvalue weighted by molar-refractivity contribution is 5.89. The van der Waals surface area contributed by atoms with Crippen molar-refractivity contribution < 1.29 is 19.0 Å². The summed E-state index contributed by atoms with van der Waals surface area (Å²) in [6.45, 7) is 2.60. The number of carbonyl (C=O) groups is 1. The lowest BCUT2D eigenvalue weighted by atomic mass is 10.2. The standard InChI is InChI=1S/C15H19NO4/c1-4-7-20-15(17)10-16-6-5-12-13(16)8-11(18-2)9-14(12)19-3/h5-6,8-9H,4,7,10H2,1-3H3. The van der Waals surface area contributed by atoms with Crippen molar-refractivity contribution in [2.24, 2.45) is 0 Å². The number of nitrogens with zero attached hydrogens (tertiary/aromatic N) is 1. The molecule has 0 aliphatic rings. The molecule has 0 unspecified atom stereocenters. The summed E-state index contributed by atoms with van der Waals surface area (Å²) in [7, 11) is 3.21. The van der Waals surface area contributed by atoms with Crippen LogP contribution in [0.15, 0.2) is 24.4 Å². The van der Waals surface area contributed by atoms with Crippen LogP contribution in [0.1, 0.15) is 13.3 Å². The minimum absolute atomic E-state index is 0.180. The summed E-state index contributed by atoms with van der Waals surface area (Å²) >= 11 is 0. The van der Waals surface area contributed by atoms with Gasteiger partial charge in [-0.05, 0) is 12.5 Å². The second-order valence-electron chi connectivity index (χ2n) is 4.43. The summed E-state index contributed by atoms with van der Waals surface area (Å²) in [6, 6.07) is 5.62. The Morgan fingerprint density at radius 3 is 2.70 bits per heavy atom. The van der Waals surface area contributed by atoms with E-state index in [9.17, 15) is 4.79 Å². The van der Waals surface area contributed by atoms with Crippen molar-refractivity contribution in [2.45, 2.75) is 19.9 Å². The van der Waals surface area contributed by atoms with E-state index in [0.717, 1.165) is 23.1 Å². The molecule has 1 heterocycles. The lowest BCUT2D eigenvalue weighted by Crippen LogP contribution is -2.13. The first-order chi connectivity index (χ1) is 9.69. The van der Waals surface area contributed by atoms with E-state index in [4.69, 9.17) is 14.2 Å². The van der Waals surface area contributed by atoms with E-state index in [2.05, 4.69) is 0 Å². The van der Waals surface area contributed by atoms with Gasteiger partial charge in [0.1, 0.15) is 18.0 Å². The molecule has 1 aromatic heterocycles. The number of methoxy groups -OCH3 is 2. The van der Waals surface area contributed by atoms with E-state index < -0.39 is 0 Å². The van der Waals surface area contributed by atoms with Gasteiger partial charge in [-0.3, -0.25) is 4.79 Å². The van der Waals surface area contributed by atoms with Gasteiger partial charge in [-0.2, -0.15) is 0 Å². The molecule has 0 radical (unpaired) electrons. The molecule has 0 saturated heterocycles. The second kappa shape index (κ2) is 6.32. The van der Waals surface area contributed by atoms with Gasteiger partial charge in [0.25, 0.3) is 0 Å². The third-order valence-corrected chi connectivity index (χ3v) is 3.05. The molecule has 5 nitrogen and oxygen atoms in total. The number of aromatic nitrogens is 1. The minimum atomic E-state index is -0.244.